The third-order valence-electron chi connectivity index (χ3n) is 3.23. The SMILES string of the molecule is Cc1cc(C)c(CNc2ccc(Br)c(Cl)c2)c(C)c1. The molecule has 0 bridgehead atoms. The maximum atomic E-state index is 6.09. The van der Waals surface area contributed by atoms with Crippen LogP contribution in [0.25, 0.3) is 0 Å². The van der Waals surface area contributed by atoms with Crippen molar-refractivity contribution in [1.29, 1.82) is 0 Å². The Bertz CT molecular complexity index is 585. The molecule has 0 aliphatic carbocycles. The van der Waals surface area contributed by atoms with Crippen molar-refractivity contribution in [3.63, 3.8) is 0 Å². The molecule has 2 aromatic carbocycles. The number of benzene rings is 2. The molecule has 0 unspecified atom stereocenters. The van der Waals surface area contributed by atoms with Crippen LogP contribution in [-0.4, -0.2) is 0 Å². The van der Waals surface area contributed by atoms with Gasteiger partial charge in [-0.3, -0.25) is 0 Å². The number of hydrogen-bond donors (Lipinski definition) is 1. The van der Waals surface area contributed by atoms with E-state index >= 15 is 0 Å². The Labute approximate surface area is 128 Å². The normalized spacial score (nSPS) is 10.6. The highest BCUT2D eigenvalue weighted by Crippen LogP contribution is 2.26. The fourth-order valence-corrected chi connectivity index (χ4v) is 2.71. The van der Waals surface area contributed by atoms with E-state index in [0.29, 0.717) is 0 Å². The van der Waals surface area contributed by atoms with E-state index in [1.165, 1.54) is 22.3 Å². The Balaban J connectivity index is 2.16. The van der Waals surface area contributed by atoms with E-state index in [-0.39, 0.29) is 0 Å². The predicted octanol–water partition coefficient (Wildman–Crippen LogP) is 5.64. The molecule has 19 heavy (non-hydrogen) atoms. The lowest BCUT2D eigenvalue weighted by atomic mass is 10.00. The van der Waals surface area contributed by atoms with Gasteiger partial charge in [0.05, 0.1) is 5.02 Å². The number of aryl methyl sites for hydroxylation is 3. The maximum absolute atomic E-state index is 6.09. The molecule has 0 aromatic heterocycles. The Morgan fingerprint density at radius 1 is 1.05 bits per heavy atom. The van der Waals surface area contributed by atoms with Gasteiger partial charge in [0.25, 0.3) is 0 Å². The van der Waals surface area contributed by atoms with Crippen LogP contribution >= 0.6 is 27.5 Å². The van der Waals surface area contributed by atoms with Crippen LogP contribution in [0.3, 0.4) is 0 Å². The molecule has 100 valence electrons. The van der Waals surface area contributed by atoms with Crippen LogP contribution in [0.1, 0.15) is 22.3 Å². The molecule has 2 rings (SSSR count). The molecule has 0 heterocycles. The van der Waals surface area contributed by atoms with Gasteiger partial charge in [0.15, 0.2) is 0 Å². The molecule has 1 nitrogen and oxygen atoms in total. The summed E-state index contributed by atoms with van der Waals surface area (Å²) in [5, 5.41) is 4.15. The summed E-state index contributed by atoms with van der Waals surface area (Å²) in [7, 11) is 0. The molecule has 0 aliphatic heterocycles. The summed E-state index contributed by atoms with van der Waals surface area (Å²) in [6, 6.07) is 10.4. The van der Waals surface area contributed by atoms with Gasteiger partial charge < -0.3 is 5.32 Å². The van der Waals surface area contributed by atoms with E-state index in [1.54, 1.807) is 0 Å². The molecule has 2 aromatic rings. The summed E-state index contributed by atoms with van der Waals surface area (Å²) in [6.07, 6.45) is 0. The van der Waals surface area contributed by atoms with E-state index in [0.717, 1.165) is 21.7 Å². The van der Waals surface area contributed by atoms with Gasteiger partial charge in [0, 0.05) is 16.7 Å². The van der Waals surface area contributed by atoms with Crippen LogP contribution in [0.4, 0.5) is 5.69 Å². The molecule has 0 fully saturated rings. The molecule has 0 saturated heterocycles. The van der Waals surface area contributed by atoms with E-state index in [4.69, 9.17) is 11.6 Å². The van der Waals surface area contributed by atoms with Crippen molar-refractivity contribution in [2.45, 2.75) is 27.3 Å². The summed E-state index contributed by atoms with van der Waals surface area (Å²) in [5.74, 6) is 0. The van der Waals surface area contributed by atoms with Gasteiger partial charge in [0.1, 0.15) is 0 Å². The highest BCUT2D eigenvalue weighted by atomic mass is 79.9. The fraction of sp³-hybridized carbons (Fsp3) is 0.250. The Kier molecular flexibility index (Phi) is 4.54. The average Bonchev–Trinajstić information content (AvgIpc) is 2.32. The van der Waals surface area contributed by atoms with Gasteiger partial charge in [0.2, 0.25) is 0 Å². The first-order valence-electron chi connectivity index (χ1n) is 6.23. The van der Waals surface area contributed by atoms with Crippen LogP contribution in [-0.2, 0) is 6.54 Å². The van der Waals surface area contributed by atoms with Gasteiger partial charge in [-0.15, -0.1) is 0 Å². The lowest BCUT2D eigenvalue weighted by molar-refractivity contribution is 1.08. The van der Waals surface area contributed by atoms with Gasteiger partial charge in [-0.25, -0.2) is 0 Å². The highest BCUT2D eigenvalue weighted by Gasteiger charge is 2.04. The van der Waals surface area contributed by atoms with E-state index in [1.807, 2.05) is 18.2 Å². The second-order valence-electron chi connectivity index (χ2n) is 4.86. The minimum atomic E-state index is 0.724. The number of hydrogen-bond acceptors (Lipinski definition) is 1. The van der Waals surface area contributed by atoms with Crippen molar-refractivity contribution in [3.8, 4) is 0 Å². The molecule has 3 heteroatoms. The zero-order valence-electron chi connectivity index (χ0n) is 11.3. The molecule has 0 amide bonds. The fourth-order valence-electron chi connectivity index (χ4n) is 2.29. The molecule has 0 aliphatic rings. The topological polar surface area (TPSA) is 12.0 Å². The maximum Gasteiger partial charge on any atom is 0.0568 e. The summed E-state index contributed by atoms with van der Waals surface area (Å²) >= 11 is 9.49. The molecular formula is C16H17BrClN. The highest BCUT2D eigenvalue weighted by molar-refractivity contribution is 9.10. The zero-order valence-corrected chi connectivity index (χ0v) is 13.7. The average molecular weight is 339 g/mol. The van der Waals surface area contributed by atoms with E-state index < -0.39 is 0 Å². The van der Waals surface area contributed by atoms with Crippen molar-refractivity contribution in [2.75, 3.05) is 5.32 Å². The number of rotatable bonds is 3. The van der Waals surface area contributed by atoms with Gasteiger partial charge in [-0.2, -0.15) is 0 Å². The smallest absolute Gasteiger partial charge is 0.0568 e. The lowest BCUT2D eigenvalue weighted by Crippen LogP contribution is -2.04. The van der Waals surface area contributed by atoms with Crippen LogP contribution in [0, 0.1) is 20.8 Å². The van der Waals surface area contributed by atoms with E-state index in [9.17, 15) is 0 Å². The van der Waals surface area contributed by atoms with Crippen LogP contribution in [0.15, 0.2) is 34.8 Å². The third kappa shape index (κ3) is 3.52. The summed E-state index contributed by atoms with van der Waals surface area (Å²) in [5.41, 5.74) is 6.35. The van der Waals surface area contributed by atoms with Crippen molar-refractivity contribution < 1.29 is 0 Å². The van der Waals surface area contributed by atoms with Crippen molar-refractivity contribution in [2.24, 2.45) is 0 Å². The van der Waals surface area contributed by atoms with Gasteiger partial charge >= 0.3 is 0 Å². The summed E-state index contributed by atoms with van der Waals surface area (Å²) in [6.45, 7) is 7.26. The largest absolute Gasteiger partial charge is 0.381 e. The molecule has 0 spiro atoms. The Morgan fingerprint density at radius 2 is 1.68 bits per heavy atom. The number of anilines is 1. The van der Waals surface area contributed by atoms with Crippen molar-refractivity contribution >= 4 is 33.2 Å². The van der Waals surface area contributed by atoms with Gasteiger partial charge in [-0.05, 0) is 71.6 Å². The second kappa shape index (κ2) is 5.98. The number of halogens is 2. The molecule has 0 atom stereocenters. The summed E-state index contributed by atoms with van der Waals surface area (Å²) in [4.78, 5) is 0. The van der Waals surface area contributed by atoms with E-state index in [2.05, 4.69) is 54.2 Å². The first-order valence-corrected chi connectivity index (χ1v) is 7.40. The molecule has 0 radical (unpaired) electrons. The quantitative estimate of drug-likeness (QED) is 0.763. The molecular weight excluding hydrogens is 322 g/mol. The monoisotopic (exact) mass is 337 g/mol. The predicted molar refractivity (Wildman–Crippen MR) is 87.1 cm³/mol. The van der Waals surface area contributed by atoms with Crippen LogP contribution in [0.2, 0.25) is 5.02 Å². The molecule has 0 saturated carbocycles. The first-order chi connectivity index (χ1) is 8.97. The minimum absolute atomic E-state index is 0.724. The van der Waals surface area contributed by atoms with Crippen LogP contribution in [0.5, 0.6) is 0 Å². The molecule has 1 N–H and O–H groups in total. The number of nitrogens with one attached hydrogen (secondary N) is 1. The Morgan fingerprint density at radius 3 is 2.26 bits per heavy atom. The first kappa shape index (κ1) is 14.4. The Hall–Kier alpha value is -0.990. The second-order valence-corrected chi connectivity index (χ2v) is 6.12. The minimum Gasteiger partial charge on any atom is -0.381 e. The summed E-state index contributed by atoms with van der Waals surface area (Å²) < 4.78 is 0.919. The zero-order chi connectivity index (χ0) is 14.0. The standard InChI is InChI=1S/C16H17BrClN/c1-10-6-11(2)14(12(3)7-10)9-19-13-4-5-15(17)16(18)8-13/h4-8,19H,9H2,1-3H3. The van der Waals surface area contributed by atoms with Gasteiger partial charge in [-0.1, -0.05) is 29.3 Å². The van der Waals surface area contributed by atoms with Crippen molar-refractivity contribution in [1.82, 2.24) is 0 Å². The van der Waals surface area contributed by atoms with Crippen LogP contribution < -0.4 is 5.32 Å². The lowest BCUT2D eigenvalue weighted by Gasteiger charge is -2.13. The van der Waals surface area contributed by atoms with Crippen molar-refractivity contribution in [3.05, 3.63) is 62.1 Å². The third-order valence-corrected chi connectivity index (χ3v) is 4.46.